The van der Waals surface area contributed by atoms with Gasteiger partial charge in [0.2, 0.25) is 0 Å². The average Bonchev–Trinajstić information content (AvgIpc) is 2.97. The number of rotatable bonds is 6. The summed E-state index contributed by atoms with van der Waals surface area (Å²) in [7, 11) is 1.54. The van der Waals surface area contributed by atoms with Crippen LogP contribution >= 0.6 is 15.9 Å². The molecule has 1 amide bonds. The first-order chi connectivity index (χ1) is 13.0. The smallest absolute Gasteiger partial charge is 0.255 e. The second-order valence-corrected chi connectivity index (χ2v) is 6.84. The predicted octanol–water partition coefficient (Wildman–Crippen LogP) is 4.89. The zero-order valence-corrected chi connectivity index (χ0v) is 16.8. The van der Waals surface area contributed by atoms with Gasteiger partial charge in [-0.2, -0.15) is 0 Å². The number of benzene rings is 2. The van der Waals surface area contributed by atoms with Gasteiger partial charge in [0.15, 0.2) is 11.5 Å². The van der Waals surface area contributed by atoms with Crippen LogP contribution in [0.15, 0.2) is 51.5 Å². The standard InChI is InChI=1S/C20H19BrN2O4/c1-12-17(13(2)27-23-12)11-26-18-8-7-14(9-19(18)25-3)20(24)22-16-6-4-5-15(21)10-16/h4-10H,11H2,1-3H3,(H,22,24). The molecule has 0 saturated carbocycles. The number of carbonyl (C=O) groups is 1. The Morgan fingerprint density at radius 1 is 1.19 bits per heavy atom. The van der Waals surface area contributed by atoms with Crippen LogP contribution in [0.5, 0.6) is 11.5 Å². The van der Waals surface area contributed by atoms with Crippen molar-refractivity contribution < 1.29 is 18.8 Å². The Hall–Kier alpha value is -2.80. The molecular weight excluding hydrogens is 412 g/mol. The third kappa shape index (κ3) is 4.49. The second kappa shape index (κ2) is 8.26. The molecule has 0 unspecified atom stereocenters. The van der Waals surface area contributed by atoms with E-state index in [1.807, 2.05) is 38.1 Å². The number of nitrogens with zero attached hydrogens (tertiary/aromatic N) is 1. The van der Waals surface area contributed by atoms with Crippen LogP contribution in [0.2, 0.25) is 0 Å². The Bertz CT molecular complexity index is 949. The minimum atomic E-state index is -0.233. The van der Waals surface area contributed by atoms with Gasteiger partial charge < -0.3 is 19.3 Å². The third-order valence-electron chi connectivity index (χ3n) is 4.06. The number of amides is 1. The van der Waals surface area contributed by atoms with Crippen LogP contribution in [0.1, 0.15) is 27.4 Å². The lowest BCUT2D eigenvalue weighted by Crippen LogP contribution is -2.12. The zero-order chi connectivity index (χ0) is 19.4. The summed E-state index contributed by atoms with van der Waals surface area (Å²) in [6.07, 6.45) is 0. The van der Waals surface area contributed by atoms with E-state index in [9.17, 15) is 4.79 Å². The van der Waals surface area contributed by atoms with Crippen molar-refractivity contribution in [2.24, 2.45) is 0 Å². The molecule has 0 radical (unpaired) electrons. The summed E-state index contributed by atoms with van der Waals surface area (Å²) in [5.41, 5.74) is 2.86. The first kappa shape index (κ1) is 19.0. The molecule has 2 aromatic carbocycles. The van der Waals surface area contributed by atoms with Crippen molar-refractivity contribution in [3.63, 3.8) is 0 Å². The molecule has 3 rings (SSSR count). The lowest BCUT2D eigenvalue weighted by atomic mass is 10.1. The lowest BCUT2D eigenvalue weighted by molar-refractivity contribution is 0.102. The van der Waals surface area contributed by atoms with E-state index in [2.05, 4.69) is 26.4 Å². The fourth-order valence-electron chi connectivity index (χ4n) is 2.56. The largest absolute Gasteiger partial charge is 0.493 e. The van der Waals surface area contributed by atoms with Crippen molar-refractivity contribution in [2.75, 3.05) is 12.4 Å². The molecule has 7 heteroatoms. The lowest BCUT2D eigenvalue weighted by Gasteiger charge is -2.12. The van der Waals surface area contributed by atoms with Gasteiger partial charge in [-0.3, -0.25) is 4.79 Å². The molecule has 0 aliphatic carbocycles. The summed E-state index contributed by atoms with van der Waals surface area (Å²) in [4.78, 5) is 12.5. The van der Waals surface area contributed by atoms with Crippen LogP contribution in [-0.4, -0.2) is 18.2 Å². The number of ether oxygens (including phenoxy) is 2. The molecule has 0 saturated heterocycles. The van der Waals surface area contributed by atoms with Crippen molar-refractivity contribution in [3.05, 3.63) is 69.5 Å². The highest BCUT2D eigenvalue weighted by Gasteiger charge is 2.14. The Morgan fingerprint density at radius 2 is 2.00 bits per heavy atom. The first-order valence-electron chi connectivity index (χ1n) is 8.27. The molecule has 0 aliphatic rings. The molecule has 0 spiro atoms. The van der Waals surface area contributed by atoms with Gasteiger partial charge in [0.25, 0.3) is 5.91 Å². The number of carbonyl (C=O) groups excluding carboxylic acids is 1. The molecule has 1 N–H and O–H groups in total. The monoisotopic (exact) mass is 430 g/mol. The van der Waals surface area contributed by atoms with Gasteiger partial charge in [-0.15, -0.1) is 0 Å². The first-order valence-corrected chi connectivity index (χ1v) is 9.06. The maximum absolute atomic E-state index is 12.5. The summed E-state index contributed by atoms with van der Waals surface area (Å²) >= 11 is 3.39. The molecule has 140 valence electrons. The molecule has 0 bridgehead atoms. The molecular formula is C20H19BrN2O4. The minimum Gasteiger partial charge on any atom is -0.493 e. The molecule has 6 nitrogen and oxygen atoms in total. The van der Waals surface area contributed by atoms with Crippen molar-refractivity contribution in [3.8, 4) is 11.5 Å². The van der Waals surface area contributed by atoms with Crippen LogP contribution in [0.4, 0.5) is 5.69 Å². The number of hydrogen-bond acceptors (Lipinski definition) is 5. The molecule has 0 aliphatic heterocycles. The molecule has 0 atom stereocenters. The third-order valence-corrected chi connectivity index (χ3v) is 4.55. The van der Waals surface area contributed by atoms with E-state index in [4.69, 9.17) is 14.0 Å². The second-order valence-electron chi connectivity index (χ2n) is 5.92. The predicted molar refractivity (Wildman–Crippen MR) is 105 cm³/mol. The van der Waals surface area contributed by atoms with Crippen LogP contribution in [0.3, 0.4) is 0 Å². The topological polar surface area (TPSA) is 73.6 Å². The Balaban J connectivity index is 1.74. The number of methoxy groups -OCH3 is 1. The fourth-order valence-corrected chi connectivity index (χ4v) is 2.95. The highest BCUT2D eigenvalue weighted by molar-refractivity contribution is 9.10. The van der Waals surface area contributed by atoms with Crippen molar-refractivity contribution in [1.29, 1.82) is 0 Å². The summed E-state index contributed by atoms with van der Waals surface area (Å²) in [6, 6.07) is 12.5. The van der Waals surface area contributed by atoms with Gasteiger partial charge >= 0.3 is 0 Å². The quantitative estimate of drug-likeness (QED) is 0.602. The molecule has 0 fully saturated rings. The highest BCUT2D eigenvalue weighted by atomic mass is 79.9. The zero-order valence-electron chi connectivity index (χ0n) is 15.2. The van der Waals surface area contributed by atoms with Crippen molar-refractivity contribution in [2.45, 2.75) is 20.5 Å². The Labute approximate surface area is 165 Å². The Morgan fingerprint density at radius 3 is 2.67 bits per heavy atom. The van der Waals surface area contributed by atoms with Crippen molar-refractivity contribution in [1.82, 2.24) is 5.16 Å². The summed E-state index contributed by atoms with van der Waals surface area (Å²) in [5, 5.41) is 6.77. The molecule has 1 heterocycles. The van der Waals surface area contributed by atoms with Gasteiger partial charge in [-0.1, -0.05) is 27.2 Å². The maximum atomic E-state index is 12.5. The molecule has 1 aromatic heterocycles. The molecule has 3 aromatic rings. The summed E-state index contributed by atoms with van der Waals surface area (Å²) in [6.45, 7) is 4.01. The highest BCUT2D eigenvalue weighted by Crippen LogP contribution is 2.30. The number of anilines is 1. The van der Waals surface area contributed by atoms with E-state index < -0.39 is 0 Å². The van der Waals surface area contributed by atoms with E-state index >= 15 is 0 Å². The van der Waals surface area contributed by atoms with Gasteiger partial charge in [0, 0.05) is 15.7 Å². The van der Waals surface area contributed by atoms with Crippen molar-refractivity contribution >= 4 is 27.5 Å². The number of halogens is 1. The number of nitrogens with one attached hydrogen (secondary N) is 1. The number of aryl methyl sites for hydroxylation is 2. The van der Waals surface area contributed by atoms with Gasteiger partial charge in [-0.05, 0) is 50.2 Å². The van der Waals surface area contributed by atoms with Crippen LogP contribution in [0, 0.1) is 13.8 Å². The van der Waals surface area contributed by atoms with E-state index in [1.54, 1.807) is 18.2 Å². The molecule has 27 heavy (non-hydrogen) atoms. The minimum absolute atomic E-state index is 0.233. The number of hydrogen-bond donors (Lipinski definition) is 1. The fraction of sp³-hybridized carbons (Fsp3) is 0.200. The number of aromatic nitrogens is 1. The Kier molecular flexibility index (Phi) is 5.81. The van der Waals surface area contributed by atoms with Gasteiger partial charge in [0.1, 0.15) is 12.4 Å². The van der Waals surface area contributed by atoms with Crippen LogP contribution in [0.25, 0.3) is 0 Å². The SMILES string of the molecule is COc1cc(C(=O)Nc2cccc(Br)c2)ccc1OCc1c(C)noc1C. The maximum Gasteiger partial charge on any atom is 0.255 e. The summed E-state index contributed by atoms with van der Waals surface area (Å²) < 4.78 is 17.3. The van der Waals surface area contributed by atoms with E-state index in [0.29, 0.717) is 29.4 Å². The van der Waals surface area contributed by atoms with E-state index in [1.165, 1.54) is 7.11 Å². The van der Waals surface area contributed by atoms with Crippen LogP contribution in [-0.2, 0) is 6.61 Å². The summed E-state index contributed by atoms with van der Waals surface area (Å²) in [5.74, 6) is 1.50. The van der Waals surface area contributed by atoms with Gasteiger partial charge in [0.05, 0.1) is 18.4 Å². The average molecular weight is 431 g/mol. The van der Waals surface area contributed by atoms with Gasteiger partial charge in [-0.25, -0.2) is 0 Å². The van der Waals surface area contributed by atoms with E-state index in [0.717, 1.165) is 21.5 Å². The normalized spacial score (nSPS) is 10.5. The van der Waals surface area contributed by atoms with Crippen LogP contribution < -0.4 is 14.8 Å². The van der Waals surface area contributed by atoms with E-state index in [-0.39, 0.29) is 5.91 Å².